The SMILES string of the molecule is CC1(c2ccc3[nH]c(=O)oc3c2)CC1C#N. The first-order valence-corrected chi connectivity index (χ1v) is 5.16. The van der Waals surface area contributed by atoms with Gasteiger partial charge in [0.05, 0.1) is 17.5 Å². The summed E-state index contributed by atoms with van der Waals surface area (Å²) in [7, 11) is 0. The fourth-order valence-corrected chi connectivity index (χ4v) is 2.17. The van der Waals surface area contributed by atoms with Crippen molar-refractivity contribution >= 4 is 11.1 Å². The van der Waals surface area contributed by atoms with E-state index in [1.54, 1.807) is 0 Å². The molecular weight excluding hydrogens is 204 g/mol. The minimum atomic E-state index is -0.440. The maximum atomic E-state index is 11.0. The molecule has 0 saturated heterocycles. The molecule has 1 heterocycles. The van der Waals surface area contributed by atoms with E-state index >= 15 is 0 Å². The average Bonchev–Trinajstić information content (AvgIpc) is 2.80. The maximum absolute atomic E-state index is 11.0. The molecule has 3 rings (SSSR count). The van der Waals surface area contributed by atoms with Gasteiger partial charge in [0, 0.05) is 5.41 Å². The Kier molecular flexibility index (Phi) is 1.59. The summed E-state index contributed by atoms with van der Waals surface area (Å²) >= 11 is 0. The van der Waals surface area contributed by atoms with E-state index in [4.69, 9.17) is 9.68 Å². The predicted molar refractivity (Wildman–Crippen MR) is 57.9 cm³/mol. The van der Waals surface area contributed by atoms with Crippen molar-refractivity contribution in [3.05, 3.63) is 34.3 Å². The van der Waals surface area contributed by atoms with E-state index in [2.05, 4.69) is 18.0 Å². The quantitative estimate of drug-likeness (QED) is 0.788. The minimum Gasteiger partial charge on any atom is -0.408 e. The van der Waals surface area contributed by atoms with Crippen LogP contribution in [0.15, 0.2) is 27.4 Å². The third-order valence-electron chi connectivity index (χ3n) is 3.47. The largest absolute Gasteiger partial charge is 0.417 e. The Morgan fingerprint density at radius 1 is 1.62 bits per heavy atom. The zero-order valence-corrected chi connectivity index (χ0v) is 8.78. The third kappa shape index (κ3) is 1.12. The molecule has 0 bridgehead atoms. The number of fused-ring (bicyclic) bond motifs is 1. The lowest BCUT2D eigenvalue weighted by Crippen LogP contribution is -2.02. The van der Waals surface area contributed by atoms with Gasteiger partial charge in [-0.15, -0.1) is 0 Å². The third-order valence-corrected chi connectivity index (χ3v) is 3.47. The highest BCUT2D eigenvalue weighted by Gasteiger charge is 2.51. The highest BCUT2D eigenvalue weighted by molar-refractivity contribution is 5.73. The number of nitriles is 1. The van der Waals surface area contributed by atoms with Crippen LogP contribution in [-0.4, -0.2) is 4.98 Å². The zero-order chi connectivity index (χ0) is 11.3. The normalized spacial score (nSPS) is 27.9. The highest BCUT2D eigenvalue weighted by Crippen LogP contribution is 2.53. The van der Waals surface area contributed by atoms with Gasteiger partial charge in [-0.3, -0.25) is 4.98 Å². The van der Waals surface area contributed by atoms with Crippen molar-refractivity contribution in [3.63, 3.8) is 0 Å². The van der Waals surface area contributed by atoms with Gasteiger partial charge in [0.15, 0.2) is 5.58 Å². The van der Waals surface area contributed by atoms with E-state index in [1.807, 2.05) is 18.2 Å². The van der Waals surface area contributed by atoms with Crippen LogP contribution in [0, 0.1) is 17.2 Å². The smallest absolute Gasteiger partial charge is 0.408 e. The summed E-state index contributed by atoms with van der Waals surface area (Å²) in [6.45, 7) is 2.06. The van der Waals surface area contributed by atoms with Crippen molar-refractivity contribution in [2.75, 3.05) is 0 Å². The molecule has 0 spiro atoms. The lowest BCUT2D eigenvalue weighted by molar-refractivity contribution is 0.554. The number of hydrogen-bond acceptors (Lipinski definition) is 3. The molecule has 16 heavy (non-hydrogen) atoms. The van der Waals surface area contributed by atoms with Gasteiger partial charge in [0.1, 0.15) is 0 Å². The minimum absolute atomic E-state index is 0.0707. The summed E-state index contributed by atoms with van der Waals surface area (Å²) < 4.78 is 5.01. The maximum Gasteiger partial charge on any atom is 0.417 e. The van der Waals surface area contributed by atoms with E-state index < -0.39 is 5.76 Å². The fraction of sp³-hybridized carbons (Fsp3) is 0.333. The summed E-state index contributed by atoms with van der Waals surface area (Å²) in [6.07, 6.45) is 0.879. The molecule has 1 fully saturated rings. The van der Waals surface area contributed by atoms with Gasteiger partial charge in [-0.05, 0) is 24.1 Å². The van der Waals surface area contributed by atoms with Crippen LogP contribution in [0.3, 0.4) is 0 Å². The number of aromatic nitrogens is 1. The van der Waals surface area contributed by atoms with Crippen molar-refractivity contribution in [1.29, 1.82) is 5.26 Å². The van der Waals surface area contributed by atoms with E-state index in [1.165, 1.54) is 0 Å². The molecule has 4 heteroatoms. The summed E-state index contributed by atoms with van der Waals surface area (Å²) in [5.74, 6) is -0.361. The van der Waals surface area contributed by atoms with Crippen molar-refractivity contribution in [2.45, 2.75) is 18.8 Å². The first kappa shape index (κ1) is 9.22. The van der Waals surface area contributed by atoms with Crippen LogP contribution in [0.1, 0.15) is 18.9 Å². The molecule has 1 saturated carbocycles. The molecule has 1 N–H and O–H groups in total. The molecule has 1 aromatic carbocycles. The Morgan fingerprint density at radius 2 is 2.44 bits per heavy atom. The summed E-state index contributed by atoms with van der Waals surface area (Å²) in [5.41, 5.74) is 2.26. The molecule has 80 valence electrons. The van der Waals surface area contributed by atoms with Crippen LogP contribution in [0.25, 0.3) is 11.1 Å². The molecule has 0 radical (unpaired) electrons. The van der Waals surface area contributed by atoms with E-state index in [-0.39, 0.29) is 11.3 Å². The summed E-state index contributed by atoms with van der Waals surface area (Å²) in [6, 6.07) is 7.91. The number of oxazole rings is 1. The molecule has 2 atom stereocenters. The molecule has 2 aromatic rings. The van der Waals surface area contributed by atoms with E-state index in [9.17, 15) is 4.79 Å². The van der Waals surface area contributed by atoms with Gasteiger partial charge in [-0.1, -0.05) is 13.0 Å². The first-order chi connectivity index (χ1) is 7.63. The second kappa shape index (κ2) is 2.76. The molecular formula is C12H10N2O2. The van der Waals surface area contributed by atoms with Crippen LogP contribution >= 0.6 is 0 Å². The van der Waals surface area contributed by atoms with Gasteiger partial charge in [0.2, 0.25) is 0 Å². The topological polar surface area (TPSA) is 69.8 Å². The Morgan fingerprint density at radius 3 is 3.12 bits per heavy atom. The lowest BCUT2D eigenvalue weighted by atomic mass is 9.95. The Bertz CT molecular complexity index is 661. The van der Waals surface area contributed by atoms with Gasteiger partial charge in [0.25, 0.3) is 0 Å². The molecule has 1 aliphatic rings. The molecule has 4 nitrogen and oxygen atoms in total. The van der Waals surface area contributed by atoms with Crippen molar-refractivity contribution in [1.82, 2.24) is 4.98 Å². The molecule has 2 unspecified atom stereocenters. The highest BCUT2D eigenvalue weighted by atomic mass is 16.4. The molecule has 1 aliphatic carbocycles. The second-order valence-corrected chi connectivity index (χ2v) is 4.53. The molecule has 0 aliphatic heterocycles. The van der Waals surface area contributed by atoms with Crippen LogP contribution < -0.4 is 5.76 Å². The van der Waals surface area contributed by atoms with Crippen LogP contribution in [0.2, 0.25) is 0 Å². The molecule has 0 amide bonds. The molecule has 1 aromatic heterocycles. The van der Waals surface area contributed by atoms with Crippen molar-refractivity contribution in [3.8, 4) is 6.07 Å². The zero-order valence-electron chi connectivity index (χ0n) is 8.78. The van der Waals surface area contributed by atoms with Crippen LogP contribution in [0.5, 0.6) is 0 Å². The second-order valence-electron chi connectivity index (χ2n) is 4.53. The van der Waals surface area contributed by atoms with Gasteiger partial charge in [-0.25, -0.2) is 4.79 Å². The van der Waals surface area contributed by atoms with E-state index in [0.29, 0.717) is 11.1 Å². The predicted octanol–water partition coefficient (Wildman–Crippen LogP) is 1.92. The Labute approximate surface area is 91.5 Å². The van der Waals surface area contributed by atoms with Crippen molar-refractivity contribution in [2.24, 2.45) is 5.92 Å². The summed E-state index contributed by atoms with van der Waals surface area (Å²) in [4.78, 5) is 13.6. The van der Waals surface area contributed by atoms with Crippen LogP contribution in [0.4, 0.5) is 0 Å². The standard InChI is InChI=1S/C12H10N2O2/c1-12(5-8(12)6-13)7-2-3-9-10(4-7)16-11(15)14-9/h2-4,8H,5H2,1H3,(H,14,15). The summed E-state index contributed by atoms with van der Waals surface area (Å²) in [5, 5.41) is 8.89. The Balaban J connectivity index is 2.13. The number of nitrogens with zero attached hydrogens (tertiary/aromatic N) is 1. The number of benzene rings is 1. The number of H-pyrrole nitrogens is 1. The fourth-order valence-electron chi connectivity index (χ4n) is 2.17. The van der Waals surface area contributed by atoms with Crippen molar-refractivity contribution < 1.29 is 4.42 Å². The van der Waals surface area contributed by atoms with Gasteiger partial charge in [-0.2, -0.15) is 5.26 Å². The lowest BCUT2D eigenvalue weighted by Gasteiger charge is -2.08. The Hall–Kier alpha value is -2.02. The van der Waals surface area contributed by atoms with Gasteiger partial charge >= 0.3 is 5.76 Å². The average molecular weight is 214 g/mol. The van der Waals surface area contributed by atoms with E-state index in [0.717, 1.165) is 12.0 Å². The monoisotopic (exact) mass is 214 g/mol. The number of hydrogen-bond donors (Lipinski definition) is 1. The number of nitrogens with one attached hydrogen (secondary N) is 1. The van der Waals surface area contributed by atoms with Crippen LogP contribution in [-0.2, 0) is 5.41 Å². The first-order valence-electron chi connectivity index (χ1n) is 5.16. The number of aromatic amines is 1. The van der Waals surface area contributed by atoms with Gasteiger partial charge < -0.3 is 4.42 Å². The number of rotatable bonds is 1.